The van der Waals surface area contributed by atoms with Gasteiger partial charge in [-0.2, -0.15) is 0 Å². The van der Waals surface area contributed by atoms with Gasteiger partial charge in [-0.1, -0.05) is 25.7 Å². The minimum atomic E-state index is 0.209. The number of aromatic nitrogens is 1. The van der Waals surface area contributed by atoms with E-state index in [0.29, 0.717) is 0 Å². The molecule has 1 heterocycles. The Morgan fingerprint density at radius 1 is 1.29 bits per heavy atom. The molecule has 2 heteroatoms. The molecule has 1 fully saturated rings. The SMILES string of the molecule is NC(CC1CCCC1)c1ccncc1. The lowest BCUT2D eigenvalue weighted by molar-refractivity contribution is 0.450. The van der Waals surface area contributed by atoms with E-state index in [1.165, 1.54) is 31.2 Å². The second kappa shape index (κ2) is 4.56. The molecule has 1 aromatic rings. The quantitative estimate of drug-likeness (QED) is 0.795. The van der Waals surface area contributed by atoms with Gasteiger partial charge in [0.2, 0.25) is 0 Å². The lowest BCUT2D eigenvalue weighted by Gasteiger charge is -2.16. The van der Waals surface area contributed by atoms with Crippen LogP contribution in [0.2, 0.25) is 0 Å². The van der Waals surface area contributed by atoms with Gasteiger partial charge in [-0.15, -0.1) is 0 Å². The smallest absolute Gasteiger partial charge is 0.0298 e. The summed E-state index contributed by atoms with van der Waals surface area (Å²) in [6, 6.07) is 4.26. The maximum absolute atomic E-state index is 6.15. The fourth-order valence-electron chi connectivity index (χ4n) is 2.35. The fourth-order valence-corrected chi connectivity index (χ4v) is 2.35. The molecular weight excluding hydrogens is 172 g/mol. The number of pyridine rings is 1. The van der Waals surface area contributed by atoms with Crippen molar-refractivity contribution in [3.63, 3.8) is 0 Å². The summed E-state index contributed by atoms with van der Waals surface area (Å²) in [6.07, 6.45) is 10.3. The molecule has 1 unspecified atom stereocenters. The Bertz CT molecular complexity index is 265. The van der Waals surface area contributed by atoms with Gasteiger partial charge in [0.05, 0.1) is 0 Å². The lowest BCUT2D eigenvalue weighted by atomic mass is 9.95. The highest BCUT2D eigenvalue weighted by Gasteiger charge is 2.18. The topological polar surface area (TPSA) is 38.9 Å². The molecule has 0 spiro atoms. The molecule has 0 aliphatic heterocycles. The third kappa shape index (κ3) is 2.32. The van der Waals surface area contributed by atoms with Gasteiger partial charge in [-0.05, 0) is 30.0 Å². The van der Waals surface area contributed by atoms with Crippen molar-refractivity contribution in [1.82, 2.24) is 4.98 Å². The van der Waals surface area contributed by atoms with E-state index >= 15 is 0 Å². The average Bonchev–Trinajstić information content (AvgIpc) is 2.72. The largest absolute Gasteiger partial charge is 0.324 e. The zero-order chi connectivity index (χ0) is 9.80. The minimum Gasteiger partial charge on any atom is -0.324 e. The first kappa shape index (κ1) is 9.66. The number of nitrogens with two attached hydrogens (primary N) is 1. The van der Waals surface area contributed by atoms with Crippen LogP contribution >= 0.6 is 0 Å². The predicted octanol–water partition coefficient (Wildman–Crippen LogP) is 2.66. The van der Waals surface area contributed by atoms with Gasteiger partial charge in [-0.25, -0.2) is 0 Å². The number of hydrogen-bond donors (Lipinski definition) is 1. The highest BCUT2D eigenvalue weighted by atomic mass is 14.7. The molecule has 2 rings (SSSR count). The van der Waals surface area contributed by atoms with Crippen LogP contribution in [-0.2, 0) is 0 Å². The summed E-state index contributed by atoms with van der Waals surface area (Å²) in [6.45, 7) is 0. The highest BCUT2D eigenvalue weighted by Crippen LogP contribution is 2.31. The van der Waals surface area contributed by atoms with Gasteiger partial charge in [0.25, 0.3) is 0 Å². The number of nitrogens with zero attached hydrogens (tertiary/aromatic N) is 1. The van der Waals surface area contributed by atoms with Crippen molar-refractivity contribution >= 4 is 0 Å². The summed E-state index contributed by atoms with van der Waals surface area (Å²) < 4.78 is 0. The maximum atomic E-state index is 6.15. The lowest BCUT2D eigenvalue weighted by Crippen LogP contribution is -2.14. The summed E-state index contributed by atoms with van der Waals surface area (Å²) in [5, 5.41) is 0. The van der Waals surface area contributed by atoms with Crippen molar-refractivity contribution in [2.45, 2.75) is 38.1 Å². The van der Waals surface area contributed by atoms with E-state index in [2.05, 4.69) is 4.98 Å². The molecule has 1 aliphatic carbocycles. The van der Waals surface area contributed by atoms with Gasteiger partial charge < -0.3 is 5.73 Å². The monoisotopic (exact) mass is 190 g/mol. The van der Waals surface area contributed by atoms with E-state index in [1.807, 2.05) is 24.5 Å². The van der Waals surface area contributed by atoms with Crippen molar-refractivity contribution in [3.05, 3.63) is 30.1 Å². The van der Waals surface area contributed by atoms with Gasteiger partial charge >= 0.3 is 0 Å². The van der Waals surface area contributed by atoms with Gasteiger partial charge in [0.15, 0.2) is 0 Å². The Labute approximate surface area is 85.5 Å². The summed E-state index contributed by atoms with van der Waals surface area (Å²) in [5.41, 5.74) is 7.38. The van der Waals surface area contributed by atoms with Crippen LogP contribution < -0.4 is 5.73 Å². The van der Waals surface area contributed by atoms with E-state index in [0.717, 1.165) is 12.3 Å². The molecule has 2 nitrogen and oxygen atoms in total. The van der Waals surface area contributed by atoms with Crippen molar-refractivity contribution in [2.24, 2.45) is 11.7 Å². The molecule has 1 atom stereocenters. The van der Waals surface area contributed by atoms with E-state index in [4.69, 9.17) is 5.73 Å². The van der Waals surface area contributed by atoms with Crippen LogP contribution in [-0.4, -0.2) is 4.98 Å². The zero-order valence-corrected chi connectivity index (χ0v) is 8.52. The third-order valence-electron chi connectivity index (χ3n) is 3.20. The van der Waals surface area contributed by atoms with E-state index in [9.17, 15) is 0 Å². The summed E-state index contributed by atoms with van der Waals surface area (Å²) >= 11 is 0. The van der Waals surface area contributed by atoms with E-state index in [-0.39, 0.29) is 6.04 Å². The second-order valence-electron chi connectivity index (χ2n) is 4.27. The van der Waals surface area contributed by atoms with Crippen LogP contribution in [0.25, 0.3) is 0 Å². The van der Waals surface area contributed by atoms with Crippen molar-refractivity contribution in [1.29, 1.82) is 0 Å². The van der Waals surface area contributed by atoms with E-state index in [1.54, 1.807) is 0 Å². The normalized spacial score (nSPS) is 19.8. The molecule has 14 heavy (non-hydrogen) atoms. The Morgan fingerprint density at radius 3 is 2.57 bits per heavy atom. The minimum absolute atomic E-state index is 0.209. The summed E-state index contributed by atoms with van der Waals surface area (Å²) in [4.78, 5) is 4.00. The average molecular weight is 190 g/mol. The number of rotatable bonds is 3. The Hall–Kier alpha value is -0.890. The van der Waals surface area contributed by atoms with Crippen molar-refractivity contribution in [3.8, 4) is 0 Å². The first-order valence-corrected chi connectivity index (χ1v) is 5.52. The van der Waals surface area contributed by atoms with Crippen molar-refractivity contribution in [2.75, 3.05) is 0 Å². The Kier molecular flexibility index (Phi) is 3.14. The molecule has 0 radical (unpaired) electrons. The molecule has 1 saturated carbocycles. The van der Waals surface area contributed by atoms with Gasteiger partial charge in [-0.3, -0.25) is 4.98 Å². The molecular formula is C12H18N2. The molecule has 1 aromatic heterocycles. The zero-order valence-electron chi connectivity index (χ0n) is 8.52. The second-order valence-corrected chi connectivity index (χ2v) is 4.27. The Morgan fingerprint density at radius 2 is 1.93 bits per heavy atom. The molecule has 0 amide bonds. The van der Waals surface area contributed by atoms with Gasteiger partial charge in [0, 0.05) is 18.4 Å². The van der Waals surface area contributed by atoms with Crippen LogP contribution in [0.15, 0.2) is 24.5 Å². The molecule has 0 bridgehead atoms. The molecule has 0 aromatic carbocycles. The number of hydrogen-bond acceptors (Lipinski definition) is 2. The van der Waals surface area contributed by atoms with Crippen LogP contribution in [0.3, 0.4) is 0 Å². The first-order chi connectivity index (χ1) is 6.86. The van der Waals surface area contributed by atoms with Crippen molar-refractivity contribution < 1.29 is 0 Å². The van der Waals surface area contributed by atoms with Crippen LogP contribution in [0, 0.1) is 5.92 Å². The maximum Gasteiger partial charge on any atom is 0.0298 e. The van der Waals surface area contributed by atoms with E-state index < -0.39 is 0 Å². The molecule has 76 valence electrons. The highest BCUT2D eigenvalue weighted by molar-refractivity contribution is 5.14. The van der Waals surface area contributed by atoms with Gasteiger partial charge in [0.1, 0.15) is 0 Å². The van der Waals surface area contributed by atoms with Crippen LogP contribution in [0.5, 0.6) is 0 Å². The van der Waals surface area contributed by atoms with Crippen LogP contribution in [0.4, 0.5) is 0 Å². The Balaban J connectivity index is 1.92. The third-order valence-corrected chi connectivity index (χ3v) is 3.20. The molecule has 0 saturated heterocycles. The molecule has 1 aliphatic rings. The summed E-state index contributed by atoms with van der Waals surface area (Å²) in [7, 11) is 0. The van der Waals surface area contributed by atoms with Crippen LogP contribution in [0.1, 0.15) is 43.7 Å². The molecule has 2 N–H and O–H groups in total. The predicted molar refractivity (Wildman–Crippen MR) is 57.7 cm³/mol. The fraction of sp³-hybridized carbons (Fsp3) is 0.583. The summed E-state index contributed by atoms with van der Waals surface area (Å²) in [5.74, 6) is 0.859. The standard InChI is InChI=1S/C12H18N2/c13-12(9-10-3-1-2-4-10)11-5-7-14-8-6-11/h5-8,10,12H,1-4,9,13H2. The first-order valence-electron chi connectivity index (χ1n) is 5.52.